The van der Waals surface area contributed by atoms with E-state index in [0.717, 1.165) is 22.6 Å². The monoisotopic (exact) mass is 381 g/mol. The van der Waals surface area contributed by atoms with E-state index in [1.54, 1.807) is 0 Å². The van der Waals surface area contributed by atoms with Gasteiger partial charge in [-0.3, -0.25) is 0 Å². The van der Waals surface area contributed by atoms with Crippen molar-refractivity contribution < 1.29 is 0 Å². The van der Waals surface area contributed by atoms with E-state index < -0.39 is 0 Å². The molecular formula is C22H41NP2. The topological polar surface area (TPSA) is 3.24 Å². The van der Waals surface area contributed by atoms with Crippen LogP contribution < -0.4 is 4.90 Å². The molecule has 0 atom stereocenters. The SMILES string of the molecule is CC(C)P(CCN(CCP(C(C)C)C(C)C)c1ccccc1)C(C)C. The van der Waals surface area contributed by atoms with E-state index in [9.17, 15) is 0 Å². The zero-order valence-electron chi connectivity index (χ0n) is 17.9. The molecule has 1 nitrogen and oxygen atoms in total. The van der Waals surface area contributed by atoms with Crippen LogP contribution in [-0.2, 0) is 0 Å². The number of benzene rings is 1. The molecule has 1 rings (SSSR count). The first kappa shape index (κ1) is 22.9. The van der Waals surface area contributed by atoms with E-state index in [1.807, 2.05) is 0 Å². The molecule has 0 radical (unpaired) electrons. The Morgan fingerprint density at radius 1 is 0.640 bits per heavy atom. The molecule has 0 aliphatic heterocycles. The molecule has 0 saturated carbocycles. The van der Waals surface area contributed by atoms with Crippen LogP contribution in [0.4, 0.5) is 5.69 Å². The van der Waals surface area contributed by atoms with Crippen LogP contribution in [0.3, 0.4) is 0 Å². The highest BCUT2D eigenvalue weighted by Crippen LogP contribution is 2.47. The number of anilines is 1. The summed E-state index contributed by atoms with van der Waals surface area (Å²) in [6.45, 7) is 21.7. The van der Waals surface area contributed by atoms with Crippen molar-refractivity contribution in [3.05, 3.63) is 30.3 Å². The number of hydrogen-bond donors (Lipinski definition) is 0. The summed E-state index contributed by atoms with van der Waals surface area (Å²) in [5.41, 5.74) is 4.73. The molecule has 0 N–H and O–H groups in total. The smallest absolute Gasteiger partial charge is 0.0366 e. The third-order valence-electron chi connectivity index (χ3n) is 5.03. The zero-order valence-corrected chi connectivity index (χ0v) is 19.7. The van der Waals surface area contributed by atoms with Crippen molar-refractivity contribution in [2.24, 2.45) is 0 Å². The Morgan fingerprint density at radius 2 is 1.00 bits per heavy atom. The molecule has 0 heterocycles. The minimum atomic E-state index is 0.111. The fourth-order valence-electron chi connectivity index (χ4n) is 3.71. The normalized spacial score (nSPS) is 12.4. The Labute approximate surface area is 160 Å². The Bertz CT molecular complexity index is 416. The van der Waals surface area contributed by atoms with Crippen LogP contribution in [0.5, 0.6) is 0 Å². The molecule has 1 aromatic rings. The van der Waals surface area contributed by atoms with Crippen molar-refractivity contribution in [3.63, 3.8) is 0 Å². The second-order valence-electron chi connectivity index (χ2n) is 8.17. The van der Waals surface area contributed by atoms with Gasteiger partial charge in [0, 0.05) is 18.8 Å². The number of nitrogens with zero attached hydrogens (tertiary/aromatic N) is 1. The predicted molar refractivity (Wildman–Crippen MR) is 123 cm³/mol. The molecule has 0 unspecified atom stereocenters. The van der Waals surface area contributed by atoms with E-state index in [0.29, 0.717) is 0 Å². The summed E-state index contributed by atoms with van der Waals surface area (Å²) < 4.78 is 0. The minimum absolute atomic E-state index is 0.111. The van der Waals surface area contributed by atoms with Crippen molar-refractivity contribution in [2.75, 3.05) is 30.3 Å². The second kappa shape index (κ2) is 11.6. The Balaban J connectivity index is 2.80. The summed E-state index contributed by atoms with van der Waals surface area (Å²) in [5.74, 6) is 0. The van der Waals surface area contributed by atoms with Gasteiger partial charge in [-0.05, 0) is 47.1 Å². The van der Waals surface area contributed by atoms with Gasteiger partial charge in [0.25, 0.3) is 0 Å². The van der Waals surface area contributed by atoms with E-state index in [2.05, 4.69) is 90.6 Å². The maximum Gasteiger partial charge on any atom is 0.0366 e. The van der Waals surface area contributed by atoms with Crippen LogP contribution in [0, 0.1) is 0 Å². The number of para-hydroxylation sites is 1. The minimum Gasteiger partial charge on any atom is -0.371 e. The first-order valence-corrected chi connectivity index (χ1v) is 13.4. The lowest BCUT2D eigenvalue weighted by atomic mass is 10.3. The summed E-state index contributed by atoms with van der Waals surface area (Å²) >= 11 is 0. The molecule has 0 saturated heterocycles. The van der Waals surface area contributed by atoms with E-state index in [4.69, 9.17) is 0 Å². The van der Waals surface area contributed by atoms with Crippen LogP contribution >= 0.6 is 15.8 Å². The molecule has 144 valence electrons. The fraction of sp³-hybridized carbons (Fsp3) is 0.727. The highest BCUT2D eigenvalue weighted by atomic mass is 31.1. The van der Waals surface area contributed by atoms with Gasteiger partial charge in [0.15, 0.2) is 0 Å². The van der Waals surface area contributed by atoms with Crippen LogP contribution in [-0.4, -0.2) is 48.0 Å². The average molecular weight is 382 g/mol. The van der Waals surface area contributed by atoms with Crippen LogP contribution in [0.25, 0.3) is 0 Å². The van der Waals surface area contributed by atoms with Crippen LogP contribution in [0.2, 0.25) is 0 Å². The highest BCUT2D eigenvalue weighted by Gasteiger charge is 2.20. The van der Waals surface area contributed by atoms with Gasteiger partial charge >= 0.3 is 0 Å². The molecule has 0 spiro atoms. The summed E-state index contributed by atoms with van der Waals surface area (Å²) in [7, 11) is 0.222. The Hall–Kier alpha value is -0.120. The Kier molecular flexibility index (Phi) is 10.6. The highest BCUT2D eigenvalue weighted by molar-refractivity contribution is 7.59. The maximum absolute atomic E-state index is 2.67. The van der Waals surface area contributed by atoms with Gasteiger partial charge in [-0.1, -0.05) is 89.4 Å². The number of hydrogen-bond acceptors (Lipinski definition) is 1. The van der Waals surface area contributed by atoms with Crippen LogP contribution in [0.15, 0.2) is 30.3 Å². The summed E-state index contributed by atoms with van der Waals surface area (Å²) in [4.78, 5) is 2.67. The third kappa shape index (κ3) is 7.97. The fourth-order valence-corrected chi connectivity index (χ4v) is 9.10. The molecule has 1 aromatic carbocycles. The van der Waals surface area contributed by atoms with Gasteiger partial charge in [-0.25, -0.2) is 0 Å². The average Bonchev–Trinajstić information content (AvgIpc) is 2.52. The standard InChI is InChI=1S/C22H41NP2/c1-18(2)24(19(3)4)16-14-23(22-12-10-9-11-13-22)15-17-25(20(5)6)21(7)8/h9-13,18-21H,14-17H2,1-8H3. The molecular weight excluding hydrogens is 340 g/mol. The number of rotatable bonds is 11. The van der Waals surface area contributed by atoms with Gasteiger partial charge in [0.05, 0.1) is 0 Å². The van der Waals surface area contributed by atoms with E-state index in [1.165, 1.54) is 31.1 Å². The molecule has 0 aliphatic carbocycles. The third-order valence-corrected chi connectivity index (χ3v) is 11.8. The van der Waals surface area contributed by atoms with Gasteiger partial charge in [-0.2, -0.15) is 0 Å². The Morgan fingerprint density at radius 3 is 1.32 bits per heavy atom. The predicted octanol–water partition coefficient (Wildman–Crippen LogP) is 7.09. The van der Waals surface area contributed by atoms with Gasteiger partial charge in [-0.15, -0.1) is 0 Å². The van der Waals surface area contributed by atoms with Crippen molar-refractivity contribution in [3.8, 4) is 0 Å². The lowest BCUT2D eigenvalue weighted by molar-refractivity contribution is 0.854. The first-order valence-electron chi connectivity index (χ1n) is 10.1. The van der Waals surface area contributed by atoms with Crippen molar-refractivity contribution in [2.45, 2.75) is 78.0 Å². The van der Waals surface area contributed by atoms with Crippen molar-refractivity contribution in [1.29, 1.82) is 0 Å². The molecule has 0 fully saturated rings. The van der Waals surface area contributed by atoms with Gasteiger partial charge < -0.3 is 4.90 Å². The largest absolute Gasteiger partial charge is 0.371 e. The van der Waals surface area contributed by atoms with Gasteiger partial charge in [0.2, 0.25) is 0 Å². The van der Waals surface area contributed by atoms with Gasteiger partial charge in [0.1, 0.15) is 0 Å². The summed E-state index contributed by atoms with van der Waals surface area (Å²) in [6.07, 6.45) is 2.72. The lowest BCUT2D eigenvalue weighted by Crippen LogP contribution is -2.31. The molecule has 0 bridgehead atoms. The quantitative estimate of drug-likeness (QED) is 0.370. The van der Waals surface area contributed by atoms with E-state index >= 15 is 0 Å². The maximum atomic E-state index is 2.67. The lowest BCUT2D eigenvalue weighted by Gasteiger charge is -2.33. The molecule has 0 aliphatic rings. The molecule has 25 heavy (non-hydrogen) atoms. The molecule has 3 heteroatoms. The molecule has 0 amide bonds. The van der Waals surface area contributed by atoms with Crippen molar-refractivity contribution in [1.82, 2.24) is 0 Å². The van der Waals surface area contributed by atoms with Crippen molar-refractivity contribution >= 4 is 21.5 Å². The van der Waals surface area contributed by atoms with Crippen LogP contribution in [0.1, 0.15) is 55.4 Å². The van der Waals surface area contributed by atoms with E-state index in [-0.39, 0.29) is 15.8 Å². The molecule has 0 aromatic heterocycles. The first-order chi connectivity index (χ1) is 11.7. The second-order valence-corrected chi connectivity index (χ2v) is 15.3. The zero-order chi connectivity index (χ0) is 19.0. The summed E-state index contributed by atoms with van der Waals surface area (Å²) in [5, 5.41) is 0. The summed E-state index contributed by atoms with van der Waals surface area (Å²) in [6, 6.07) is 11.1.